The summed E-state index contributed by atoms with van der Waals surface area (Å²) in [6.45, 7) is 4.32. The molecule has 18 heavy (non-hydrogen) atoms. The fourth-order valence-electron chi connectivity index (χ4n) is 2.51. The first-order chi connectivity index (χ1) is 8.58. The van der Waals surface area contributed by atoms with Crippen molar-refractivity contribution >= 4 is 23.0 Å². The maximum Gasteiger partial charge on any atom is 0.173 e. The summed E-state index contributed by atoms with van der Waals surface area (Å²) in [6, 6.07) is 10.7. The van der Waals surface area contributed by atoms with E-state index in [4.69, 9.17) is 12.2 Å². The van der Waals surface area contributed by atoms with Gasteiger partial charge in [-0.1, -0.05) is 25.1 Å². The second-order valence-corrected chi connectivity index (χ2v) is 5.60. The van der Waals surface area contributed by atoms with Crippen LogP contribution in [0.25, 0.3) is 0 Å². The Hall–Kier alpha value is -1.13. The molecule has 2 atom stereocenters. The summed E-state index contributed by atoms with van der Waals surface area (Å²) in [5.41, 5.74) is 1.06. The van der Waals surface area contributed by atoms with Crippen LogP contribution in [0.2, 0.25) is 0 Å². The van der Waals surface area contributed by atoms with Crippen molar-refractivity contribution in [3.63, 3.8) is 0 Å². The molecule has 1 heterocycles. The zero-order valence-corrected chi connectivity index (χ0v) is 12.1. The Kier molecular flexibility index (Phi) is 4.19. The molecule has 0 aromatic heterocycles. The van der Waals surface area contributed by atoms with Gasteiger partial charge in [-0.2, -0.15) is 0 Å². The Labute approximate surface area is 115 Å². The van der Waals surface area contributed by atoms with Crippen LogP contribution in [0.1, 0.15) is 6.92 Å². The third-order valence-electron chi connectivity index (χ3n) is 3.55. The molecule has 0 saturated carbocycles. The summed E-state index contributed by atoms with van der Waals surface area (Å²) in [4.78, 5) is 4.55. The van der Waals surface area contributed by atoms with Gasteiger partial charge in [-0.25, -0.2) is 0 Å². The predicted molar refractivity (Wildman–Crippen MR) is 80.9 cm³/mol. The number of rotatable bonds is 2. The summed E-state index contributed by atoms with van der Waals surface area (Å²) in [5, 5.41) is 4.13. The van der Waals surface area contributed by atoms with Gasteiger partial charge in [-0.15, -0.1) is 0 Å². The van der Waals surface area contributed by atoms with Crippen LogP contribution in [0.3, 0.4) is 0 Å². The highest BCUT2D eigenvalue weighted by atomic mass is 32.1. The summed E-state index contributed by atoms with van der Waals surface area (Å²) < 4.78 is 0. The Morgan fingerprint density at radius 1 is 1.28 bits per heavy atom. The highest BCUT2D eigenvalue weighted by Crippen LogP contribution is 2.21. The van der Waals surface area contributed by atoms with Crippen molar-refractivity contribution in [2.24, 2.45) is 5.92 Å². The maximum absolute atomic E-state index is 5.48. The number of nitrogens with one attached hydrogen (secondary N) is 1. The standard InChI is InChI=1S/C14H21N3S/c1-11-9-17(10-13(11)16(2)3)14(18)15-12-7-5-4-6-8-12/h4-8,11,13H,9-10H2,1-3H3,(H,15,18). The molecule has 0 aliphatic carbocycles. The molecule has 1 aromatic rings. The van der Waals surface area contributed by atoms with Crippen LogP contribution >= 0.6 is 12.2 Å². The lowest BCUT2D eigenvalue weighted by Crippen LogP contribution is -2.37. The van der Waals surface area contributed by atoms with E-state index in [2.05, 4.69) is 36.1 Å². The van der Waals surface area contributed by atoms with Crippen LogP contribution in [-0.4, -0.2) is 48.1 Å². The van der Waals surface area contributed by atoms with Gasteiger partial charge in [-0.3, -0.25) is 0 Å². The molecular formula is C14H21N3S. The van der Waals surface area contributed by atoms with E-state index in [1.54, 1.807) is 0 Å². The minimum Gasteiger partial charge on any atom is -0.347 e. The molecule has 1 aliphatic rings. The molecule has 3 nitrogen and oxygen atoms in total. The van der Waals surface area contributed by atoms with Crippen LogP contribution in [0.15, 0.2) is 30.3 Å². The lowest BCUT2D eigenvalue weighted by molar-refractivity contribution is 0.262. The van der Waals surface area contributed by atoms with Crippen molar-refractivity contribution < 1.29 is 0 Å². The number of para-hydroxylation sites is 1. The van der Waals surface area contributed by atoms with Gasteiger partial charge < -0.3 is 15.1 Å². The van der Waals surface area contributed by atoms with Crippen molar-refractivity contribution in [3.8, 4) is 0 Å². The molecule has 2 unspecified atom stereocenters. The molecule has 2 rings (SSSR count). The lowest BCUT2D eigenvalue weighted by atomic mass is 10.1. The number of anilines is 1. The first-order valence-corrected chi connectivity index (χ1v) is 6.76. The van der Waals surface area contributed by atoms with Gasteiger partial charge in [0.15, 0.2) is 5.11 Å². The quantitative estimate of drug-likeness (QED) is 0.825. The zero-order chi connectivity index (χ0) is 13.1. The molecule has 1 aliphatic heterocycles. The van der Waals surface area contributed by atoms with Crippen LogP contribution < -0.4 is 5.32 Å². The number of likely N-dealkylation sites (N-methyl/N-ethyl adjacent to an activating group) is 1. The fourth-order valence-corrected chi connectivity index (χ4v) is 2.78. The normalized spacial score (nSPS) is 23.4. The van der Waals surface area contributed by atoms with Gasteiger partial charge in [0.2, 0.25) is 0 Å². The van der Waals surface area contributed by atoms with Gasteiger partial charge in [-0.05, 0) is 44.4 Å². The number of hydrogen-bond acceptors (Lipinski definition) is 2. The fraction of sp³-hybridized carbons (Fsp3) is 0.500. The van der Waals surface area contributed by atoms with E-state index < -0.39 is 0 Å². The maximum atomic E-state index is 5.48. The van der Waals surface area contributed by atoms with Gasteiger partial charge in [0.05, 0.1) is 0 Å². The Morgan fingerprint density at radius 2 is 1.94 bits per heavy atom. The summed E-state index contributed by atoms with van der Waals surface area (Å²) in [5.74, 6) is 0.649. The highest BCUT2D eigenvalue weighted by Gasteiger charge is 2.32. The van der Waals surface area contributed by atoms with Gasteiger partial charge >= 0.3 is 0 Å². The number of benzene rings is 1. The van der Waals surface area contributed by atoms with Gasteiger partial charge in [0, 0.05) is 24.8 Å². The van der Waals surface area contributed by atoms with Crippen molar-refractivity contribution in [1.29, 1.82) is 0 Å². The molecule has 98 valence electrons. The third kappa shape index (κ3) is 3.00. The molecule has 0 spiro atoms. The number of likely N-dealkylation sites (tertiary alicyclic amines) is 1. The molecule has 1 N–H and O–H groups in total. The molecule has 0 amide bonds. The van der Waals surface area contributed by atoms with E-state index in [1.807, 2.05) is 30.3 Å². The first-order valence-electron chi connectivity index (χ1n) is 6.35. The molecular weight excluding hydrogens is 242 g/mol. The average Bonchev–Trinajstić information content (AvgIpc) is 2.73. The second-order valence-electron chi connectivity index (χ2n) is 5.21. The van der Waals surface area contributed by atoms with E-state index in [1.165, 1.54) is 0 Å². The van der Waals surface area contributed by atoms with Crippen molar-refractivity contribution in [2.45, 2.75) is 13.0 Å². The largest absolute Gasteiger partial charge is 0.347 e. The minimum atomic E-state index is 0.584. The number of thiocarbonyl (C=S) groups is 1. The molecule has 1 saturated heterocycles. The predicted octanol–water partition coefficient (Wildman–Crippen LogP) is 2.27. The molecule has 0 radical (unpaired) electrons. The minimum absolute atomic E-state index is 0.584. The first kappa shape index (κ1) is 13.3. The van der Waals surface area contributed by atoms with E-state index in [-0.39, 0.29) is 0 Å². The summed E-state index contributed by atoms with van der Waals surface area (Å²) in [7, 11) is 4.27. The Morgan fingerprint density at radius 3 is 2.50 bits per heavy atom. The van der Waals surface area contributed by atoms with E-state index in [9.17, 15) is 0 Å². The molecule has 4 heteroatoms. The summed E-state index contributed by atoms with van der Waals surface area (Å²) >= 11 is 5.48. The monoisotopic (exact) mass is 263 g/mol. The van der Waals surface area contributed by atoms with Crippen LogP contribution in [0, 0.1) is 5.92 Å². The van der Waals surface area contributed by atoms with Crippen LogP contribution in [-0.2, 0) is 0 Å². The Bertz CT molecular complexity index is 405. The van der Waals surface area contributed by atoms with Gasteiger partial charge in [0.25, 0.3) is 0 Å². The smallest absolute Gasteiger partial charge is 0.173 e. The number of hydrogen-bond donors (Lipinski definition) is 1. The topological polar surface area (TPSA) is 18.5 Å². The molecule has 1 fully saturated rings. The van der Waals surface area contributed by atoms with Crippen LogP contribution in [0.5, 0.6) is 0 Å². The Balaban J connectivity index is 1.95. The second kappa shape index (κ2) is 5.67. The van der Waals surface area contributed by atoms with Crippen molar-refractivity contribution in [1.82, 2.24) is 9.80 Å². The lowest BCUT2D eigenvalue weighted by Gasteiger charge is -2.23. The SMILES string of the molecule is CC1CN(C(=S)Nc2ccccc2)CC1N(C)C. The number of nitrogens with zero attached hydrogens (tertiary/aromatic N) is 2. The van der Waals surface area contributed by atoms with Crippen molar-refractivity contribution in [2.75, 3.05) is 32.5 Å². The average molecular weight is 263 g/mol. The zero-order valence-electron chi connectivity index (χ0n) is 11.3. The molecule has 1 aromatic carbocycles. The summed E-state index contributed by atoms with van der Waals surface area (Å²) in [6.07, 6.45) is 0. The van der Waals surface area contributed by atoms with Crippen molar-refractivity contribution in [3.05, 3.63) is 30.3 Å². The van der Waals surface area contributed by atoms with E-state index >= 15 is 0 Å². The van der Waals surface area contributed by atoms with E-state index in [0.29, 0.717) is 12.0 Å². The van der Waals surface area contributed by atoms with Crippen LogP contribution in [0.4, 0.5) is 5.69 Å². The van der Waals surface area contributed by atoms with Gasteiger partial charge in [0.1, 0.15) is 0 Å². The third-order valence-corrected chi connectivity index (χ3v) is 3.91. The van der Waals surface area contributed by atoms with E-state index in [0.717, 1.165) is 23.9 Å². The molecule has 0 bridgehead atoms. The highest BCUT2D eigenvalue weighted by molar-refractivity contribution is 7.80.